The molecule has 0 bridgehead atoms. The van der Waals surface area contributed by atoms with Crippen LogP contribution in [0.15, 0.2) is 12.7 Å². The molecule has 0 aromatic carbocycles. The standard InChI is InChI=1S/C29H50O5Si/c1-10-22-23(12-15-28(7)24(22)13-16-29(28)31-17-18-32-29)27(6)14-11-21(19-25(27)33-20(2)30)34-35(8,9)26(3,4)5/h10,21-25H,1,11-19H2,2-9H3/t21-,22+,23?,24?,25-,27+,28-/m0/s1. The zero-order chi connectivity index (χ0) is 25.9. The van der Waals surface area contributed by atoms with Crippen LogP contribution in [0.1, 0.15) is 86.5 Å². The number of allylic oxidation sites excluding steroid dienone is 1. The Hall–Kier alpha value is -0.693. The number of rotatable bonds is 5. The van der Waals surface area contributed by atoms with Gasteiger partial charge in [0.25, 0.3) is 0 Å². The molecule has 6 heteroatoms. The van der Waals surface area contributed by atoms with Crippen molar-refractivity contribution in [2.45, 2.75) is 123 Å². The van der Waals surface area contributed by atoms with E-state index in [9.17, 15) is 4.79 Å². The van der Waals surface area contributed by atoms with E-state index in [4.69, 9.17) is 18.6 Å². The van der Waals surface area contributed by atoms with E-state index in [2.05, 4.69) is 60.4 Å². The molecular formula is C29H50O5Si. The van der Waals surface area contributed by atoms with Crippen molar-refractivity contribution in [2.24, 2.45) is 28.6 Å². The van der Waals surface area contributed by atoms with Gasteiger partial charge in [-0.05, 0) is 68.0 Å². The average Bonchev–Trinajstić information content (AvgIpc) is 3.34. The Morgan fingerprint density at radius 1 is 1.03 bits per heavy atom. The van der Waals surface area contributed by atoms with Gasteiger partial charge in [0.15, 0.2) is 14.1 Å². The van der Waals surface area contributed by atoms with Crippen LogP contribution in [0.3, 0.4) is 0 Å². The van der Waals surface area contributed by atoms with Gasteiger partial charge in [0.2, 0.25) is 0 Å². The van der Waals surface area contributed by atoms with E-state index in [-0.39, 0.29) is 34.0 Å². The molecule has 1 heterocycles. The van der Waals surface area contributed by atoms with Crippen molar-refractivity contribution in [1.82, 2.24) is 0 Å². The second kappa shape index (κ2) is 9.25. The maximum absolute atomic E-state index is 12.3. The normalized spacial score (nSPS) is 41.5. The third kappa shape index (κ3) is 4.49. The van der Waals surface area contributed by atoms with Crippen LogP contribution in [0.5, 0.6) is 0 Å². The topological polar surface area (TPSA) is 54.0 Å². The molecule has 0 amide bonds. The molecule has 4 fully saturated rings. The summed E-state index contributed by atoms with van der Waals surface area (Å²) in [6, 6.07) is 0. The Bertz CT molecular complexity index is 812. The molecule has 3 saturated carbocycles. The molecule has 200 valence electrons. The highest BCUT2D eigenvalue weighted by molar-refractivity contribution is 6.74. The fraction of sp³-hybridized carbons (Fsp3) is 0.897. The van der Waals surface area contributed by atoms with Crippen molar-refractivity contribution in [1.29, 1.82) is 0 Å². The van der Waals surface area contributed by atoms with E-state index >= 15 is 0 Å². The van der Waals surface area contributed by atoms with E-state index in [0.29, 0.717) is 31.0 Å². The summed E-state index contributed by atoms with van der Waals surface area (Å²) < 4.78 is 25.5. The molecule has 0 aromatic heterocycles. The van der Waals surface area contributed by atoms with E-state index in [1.54, 1.807) is 6.92 Å². The van der Waals surface area contributed by atoms with Gasteiger partial charge in [-0.2, -0.15) is 0 Å². The monoisotopic (exact) mass is 506 g/mol. The van der Waals surface area contributed by atoms with Gasteiger partial charge < -0.3 is 18.6 Å². The maximum Gasteiger partial charge on any atom is 0.302 e. The van der Waals surface area contributed by atoms with Gasteiger partial charge in [-0.25, -0.2) is 0 Å². The molecule has 0 aromatic rings. The molecule has 35 heavy (non-hydrogen) atoms. The van der Waals surface area contributed by atoms with Gasteiger partial charge >= 0.3 is 5.97 Å². The van der Waals surface area contributed by atoms with Gasteiger partial charge in [-0.3, -0.25) is 4.79 Å². The molecule has 2 unspecified atom stereocenters. The zero-order valence-corrected chi connectivity index (χ0v) is 24.6. The van der Waals surface area contributed by atoms with E-state index < -0.39 is 14.1 Å². The first-order valence-corrected chi connectivity index (χ1v) is 16.9. The lowest BCUT2D eigenvalue weighted by Gasteiger charge is -2.57. The fourth-order valence-electron chi connectivity index (χ4n) is 7.95. The maximum atomic E-state index is 12.3. The highest BCUT2D eigenvalue weighted by Gasteiger charge is 2.66. The Balaban J connectivity index is 1.58. The third-order valence-corrected chi connectivity index (χ3v) is 15.6. The molecule has 0 radical (unpaired) electrons. The number of hydrogen-bond donors (Lipinski definition) is 0. The molecule has 0 N–H and O–H groups in total. The molecule has 3 aliphatic carbocycles. The van der Waals surface area contributed by atoms with E-state index in [0.717, 1.165) is 44.9 Å². The van der Waals surface area contributed by atoms with Crippen molar-refractivity contribution < 1.29 is 23.4 Å². The van der Waals surface area contributed by atoms with Crippen LogP contribution < -0.4 is 0 Å². The highest BCUT2D eigenvalue weighted by atomic mass is 28.4. The lowest BCUT2D eigenvalue weighted by Crippen LogP contribution is -2.57. The van der Waals surface area contributed by atoms with Crippen LogP contribution in [0.25, 0.3) is 0 Å². The van der Waals surface area contributed by atoms with E-state index in [1.807, 2.05) is 0 Å². The minimum absolute atomic E-state index is 0.00872. The highest BCUT2D eigenvalue weighted by Crippen LogP contribution is 2.66. The van der Waals surface area contributed by atoms with Gasteiger partial charge in [0.1, 0.15) is 6.10 Å². The summed E-state index contributed by atoms with van der Waals surface area (Å²) in [5.41, 5.74) is -0.0823. The molecule has 1 spiro atoms. The summed E-state index contributed by atoms with van der Waals surface area (Å²) in [4.78, 5) is 12.3. The molecular weight excluding hydrogens is 456 g/mol. The number of carbonyl (C=O) groups excluding carboxylic acids is 1. The first-order chi connectivity index (χ1) is 16.2. The number of esters is 1. The first-order valence-electron chi connectivity index (χ1n) is 13.9. The largest absolute Gasteiger partial charge is 0.462 e. The summed E-state index contributed by atoms with van der Waals surface area (Å²) in [6.45, 7) is 23.6. The zero-order valence-electron chi connectivity index (χ0n) is 23.6. The number of hydrogen-bond acceptors (Lipinski definition) is 5. The Labute approximate surface area is 214 Å². The predicted molar refractivity (Wildman–Crippen MR) is 141 cm³/mol. The van der Waals surface area contributed by atoms with Crippen LogP contribution in [-0.2, 0) is 23.4 Å². The van der Waals surface area contributed by atoms with Crippen molar-refractivity contribution in [3.63, 3.8) is 0 Å². The molecule has 5 nitrogen and oxygen atoms in total. The average molecular weight is 507 g/mol. The lowest BCUT2D eigenvalue weighted by atomic mass is 9.50. The quantitative estimate of drug-likeness (QED) is 0.231. The second-order valence-electron chi connectivity index (χ2n) is 13.8. The molecule has 4 aliphatic rings. The van der Waals surface area contributed by atoms with Gasteiger partial charge in [-0.1, -0.05) is 40.7 Å². The fourth-order valence-corrected chi connectivity index (χ4v) is 9.35. The molecule has 4 rings (SSSR count). The third-order valence-electron chi connectivity index (χ3n) is 11.0. The van der Waals surface area contributed by atoms with Crippen LogP contribution >= 0.6 is 0 Å². The van der Waals surface area contributed by atoms with Crippen molar-refractivity contribution in [3.05, 3.63) is 12.7 Å². The number of ether oxygens (including phenoxy) is 3. The summed E-state index contributed by atoms with van der Waals surface area (Å²) in [7, 11) is -1.90. The SMILES string of the molecule is C=C[C@H]1C2CCC3(OCCO3)[C@@]2(C)CCC1[C@@]1(C)CC[C@H](O[Si](C)(C)C(C)(C)C)C[C@@H]1OC(C)=O. The van der Waals surface area contributed by atoms with Gasteiger partial charge in [-0.15, -0.1) is 6.58 Å². The molecule has 7 atom stereocenters. The summed E-state index contributed by atoms with van der Waals surface area (Å²) in [5.74, 6) is 0.662. The van der Waals surface area contributed by atoms with Crippen molar-refractivity contribution in [3.8, 4) is 0 Å². The lowest BCUT2D eigenvalue weighted by molar-refractivity contribution is -0.242. The smallest absolute Gasteiger partial charge is 0.302 e. The predicted octanol–water partition coefficient (Wildman–Crippen LogP) is 6.87. The minimum Gasteiger partial charge on any atom is -0.462 e. The second-order valence-corrected chi connectivity index (χ2v) is 18.6. The van der Waals surface area contributed by atoms with Crippen LogP contribution in [0.2, 0.25) is 18.1 Å². The van der Waals surface area contributed by atoms with Crippen molar-refractivity contribution >= 4 is 14.3 Å². The number of fused-ring (bicyclic) bond motifs is 2. The summed E-state index contributed by atoms with van der Waals surface area (Å²) in [5, 5.41) is 0.162. The van der Waals surface area contributed by atoms with Crippen LogP contribution in [0, 0.1) is 28.6 Å². The summed E-state index contributed by atoms with van der Waals surface area (Å²) in [6.07, 6.45) is 9.30. The Morgan fingerprint density at radius 2 is 1.66 bits per heavy atom. The minimum atomic E-state index is -1.90. The van der Waals surface area contributed by atoms with Gasteiger partial charge in [0, 0.05) is 36.7 Å². The Kier molecular flexibility index (Phi) is 7.23. The first kappa shape index (κ1) is 27.3. The molecule has 1 aliphatic heterocycles. The summed E-state index contributed by atoms with van der Waals surface area (Å²) >= 11 is 0. The van der Waals surface area contributed by atoms with Gasteiger partial charge in [0.05, 0.1) is 13.2 Å². The van der Waals surface area contributed by atoms with Crippen LogP contribution in [0.4, 0.5) is 0 Å². The van der Waals surface area contributed by atoms with E-state index in [1.165, 1.54) is 0 Å². The van der Waals surface area contributed by atoms with Crippen molar-refractivity contribution in [2.75, 3.05) is 13.2 Å². The number of carbonyl (C=O) groups is 1. The van der Waals surface area contributed by atoms with Crippen LogP contribution in [-0.4, -0.2) is 45.5 Å². The Morgan fingerprint density at radius 3 is 2.23 bits per heavy atom. The molecule has 1 saturated heterocycles.